The molecule has 0 saturated carbocycles. The number of rotatable bonds is 2. The summed E-state index contributed by atoms with van der Waals surface area (Å²) < 4.78 is 15.0. The zero-order chi connectivity index (χ0) is 14.4. The van der Waals surface area contributed by atoms with Crippen LogP contribution in [0, 0.1) is 0 Å². The van der Waals surface area contributed by atoms with Crippen LogP contribution in [0.25, 0.3) is 22.2 Å². The monoisotopic (exact) mass is 284 g/mol. The largest absolute Gasteiger partial charge is 0.463 e. The second kappa shape index (κ2) is 4.14. The van der Waals surface area contributed by atoms with Crippen LogP contribution in [0.5, 0.6) is 0 Å². The van der Waals surface area contributed by atoms with Gasteiger partial charge in [-0.05, 0) is 0 Å². The summed E-state index contributed by atoms with van der Waals surface area (Å²) in [4.78, 5) is 29.4. The Morgan fingerprint density at radius 2 is 1.33 bits per heavy atom. The predicted molar refractivity (Wildman–Crippen MR) is 70.9 cm³/mol. The normalized spacial score (nSPS) is 11.2. The summed E-state index contributed by atoms with van der Waals surface area (Å²) in [6, 6.07) is 6.30. The molecule has 2 N–H and O–H groups in total. The van der Waals surface area contributed by atoms with Gasteiger partial charge in [-0.1, -0.05) is 0 Å². The first-order chi connectivity index (χ1) is 10.2. The molecule has 104 valence electrons. The van der Waals surface area contributed by atoms with E-state index in [2.05, 4.69) is 9.97 Å². The zero-order valence-corrected chi connectivity index (χ0v) is 10.5. The van der Waals surface area contributed by atoms with E-state index < -0.39 is 11.9 Å². The average molecular weight is 284 g/mol. The van der Waals surface area contributed by atoms with Crippen LogP contribution >= 0.6 is 0 Å². The molecule has 4 aromatic rings. The molecular weight excluding hydrogens is 276 g/mol. The van der Waals surface area contributed by atoms with Crippen molar-refractivity contribution in [1.82, 2.24) is 9.97 Å². The molecule has 0 radical (unpaired) electrons. The minimum absolute atomic E-state index is 0.146. The first-order valence-corrected chi connectivity index (χ1v) is 6.09. The molecule has 0 atom stereocenters. The van der Waals surface area contributed by atoms with E-state index in [1.807, 2.05) is 0 Å². The summed E-state index contributed by atoms with van der Waals surface area (Å²) in [7, 11) is 0. The third kappa shape index (κ3) is 1.83. The minimum Gasteiger partial charge on any atom is -0.463 e. The smallest absolute Gasteiger partial charge is 0.362 e. The molecule has 4 aromatic heterocycles. The van der Waals surface area contributed by atoms with Crippen LogP contribution in [0.15, 0.2) is 45.6 Å². The van der Waals surface area contributed by atoms with Gasteiger partial charge in [-0.25, -0.2) is 9.59 Å². The fourth-order valence-corrected chi connectivity index (χ4v) is 2.11. The van der Waals surface area contributed by atoms with Gasteiger partial charge in [-0.2, -0.15) is 0 Å². The van der Waals surface area contributed by atoms with Gasteiger partial charge in [0, 0.05) is 24.3 Å². The number of furan rings is 2. The molecule has 0 bridgehead atoms. The maximum atomic E-state index is 11.9. The molecule has 0 saturated heterocycles. The predicted octanol–water partition coefficient (Wildman–Crippen LogP) is 2.83. The Morgan fingerprint density at radius 1 is 0.857 bits per heavy atom. The molecule has 4 rings (SSSR count). The van der Waals surface area contributed by atoms with Crippen molar-refractivity contribution in [1.29, 1.82) is 0 Å². The average Bonchev–Trinajstić information content (AvgIpc) is 3.16. The van der Waals surface area contributed by atoms with E-state index in [4.69, 9.17) is 13.6 Å². The Kier molecular flexibility index (Phi) is 2.28. The van der Waals surface area contributed by atoms with Crippen molar-refractivity contribution in [2.75, 3.05) is 0 Å². The highest BCUT2D eigenvalue weighted by atomic mass is 16.6. The number of aromatic amines is 2. The summed E-state index contributed by atoms with van der Waals surface area (Å²) in [6.45, 7) is 0. The zero-order valence-electron chi connectivity index (χ0n) is 10.5. The Morgan fingerprint density at radius 3 is 1.76 bits per heavy atom. The van der Waals surface area contributed by atoms with Crippen molar-refractivity contribution < 1.29 is 23.2 Å². The van der Waals surface area contributed by atoms with Crippen molar-refractivity contribution in [3.8, 4) is 0 Å². The van der Waals surface area contributed by atoms with E-state index in [9.17, 15) is 9.59 Å². The highest BCUT2D eigenvalue weighted by Gasteiger charge is 2.19. The molecular formula is C14H8N2O5. The van der Waals surface area contributed by atoms with Crippen LogP contribution in [0.4, 0.5) is 0 Å². The number of carbonyl (C=O) groups excluding carboxylic acids is 2. The van der Waals surface area contributed by atoms with Crippen molar-refractivity contribution in [3.63, 3.8) is 0 Å². The number of aromatic nitrogens is 2. The van der Waals surface area contributed by atoms with Crippen LogP contribution in [0.3, 0.4) is 0 Å². The Hall–Kier alpha value is -3.22. The standard InChI is InChI=1S/C14H8N2O5/c17-13(9-5-11-7(15-9)1-3-19-11)21-14(18)10-6-12-8(16-10)2-4-20-12/h1-6,15-16H. The quantitative estimate of drug-likeness (QED) is 0.435. The third-order valence-corrected chi connectivity index (χ3v) is 3.11. The summed E-state index contributed by atoms with van der Waals surface area (Å²) in [5.41, 5.74) is 2.65. The maximum absolute atomic E-state index is 11.9. The Bertz CT molecular complexity index is 832. The lowest BCUT2D eigenvalue weighted by Gasteiger charge is -1.98. The number of hydrogen-bond donors (Lipinski definition) is 2. The Labute approximate surface area is 116 Å². The first kappa shape index (κ1) is 11.6. The summed E-state index contributed by atoms with van der Waals surface area (Å²) in [5.74, 6) is -1.56. The van der Waals surface area contributed by atoms with E-state index in [0.717, 1.165) is 0 Å². The van der Waals surface area contributed by atoms with Crippen molar-refractivity contribution in [3.05, 3.63) is 48.2 Å². The molecule has 0 amide bonds. The molecule has 0 aliphatic rings. The van der Waals surface area contributed by atoms with Crippen molar-refractivity contribution in [2.45, 2.75) is 0 Å². The lowest BCUT2D eigenvalue weighted by molar-refractivity contribution is 0.0390. The molecule has 4 heterocycles. The van der Waals surface area contributed by atoms with E-state index in [1.54, 1.807) is 12.1 Å². The molecule has 0 spiro atoms. The van der Waals surface area contributed by atoms with Crippen LogP contribution in [-0.4, -0.2) is 21.9 Å². The molecule has 0 aromatic carbocycles. The maximum Gasteiger partial charge on any atom is 0.362 e. The molecule has 0 aliphatic carbocycles. The number of hydrogen-bond acceptors (Lipinski definition) is 5. The Balaban J connectivity index is 1.56. The van der Waals surface area contributed by atoms with Gasteiger partial charge in [0.25, 0.3) is 0 Å². The highest BCUT2D eigenvalue weighted by molar-refractivity contribution is 6.04. The number of fused-ring (bicyclic) bond motifs is 2. The van der Waals surface area contributed by atoms with Crippen molar-refractivity contribution >= 4 is 34.1 Å². The van der Waals surface area contributed by atoms with Crippen LogP contribution in [0.2, 0.25) is 0 Å². The van der Waals surface area contributed by atoms with E-state index >= 15 is 0 Å². The van der Waals surface area contributed by atoms with Gasteiger partial charge >= 0.3 is 11.9 Å². The molecule has 7 nitrogen and oxygen atoms in total. The van der Waals surface area contributed by atoms with Gasteiger partial charge in [-0.15, -0.1) is 0 Å². The van der Waals surface area contributed by atoms with E-state index in [-0.39, 0.29) is 11.4 Å². The van der Waals surface area contributed by atoms with Gasteiger partial charge < -0.3 is 23.5 Å². The van der Waals surface area contributed by atoms with Crippen molar-refractivity contribution in [2.24, 2.45) is 0 Å². The van der Waals surface area contributed by atoms with Gasteiger partial charge in [0.1, 0.15) is 11.4 Å². The first-order valence-electron chi connectivity index (χ1n) is 6.09. The number of ether oxygens (including phenoxy) is 1. The number of esters is 2. The lowest BCUT2D eigenvalue weighted by atomic mass is 10.4. The van der Waals surface area contributed by atoms with Crippen LogP contribution < -0.4 is 0 Å². The fourth-order valence-electron chi connectivity index (χ4n) is 2.11. The van der Waals surface area contributed by atoms with Gasteiger partial charge in [0.05, 0.1) is 23.6 Å². The molecule has 7 heteroatoms. The molecule has 0 fully saturated rings. The molecule has 0 unspecified atom stereocenters. The summed E-state index contributed by atoms with van der Waals surface area (Å²) in [5, 5.41) is 0. The van der Waals surface area contributed by atoms with E-state index in [0.29, 0.717) is 22.2 Å². The fraction of sp³-hybridized carbons (Fsp3) is 0. The number of H-pyrrole nitrogens is 2. The second-order valence-electron chi connectivity index (χ2n) is 4.44. The highest BCUT2D eigenvalue weighted by Crippen LogP contribution is 2.19. The minimum atomic E-state index is -0.780. The number of nitrogens with one attached hydrogen (secondary N) is 2. The van der Waals surface area contributed by atoms with Crippen LogP contribution in [-0.2, 0) is 4.74 Å². The summed E-state index contributed by atoms with van der Waals surface area (Å²) in [6.07, 6.45) is 2.99. The topological polar surface area (TPSA) is 101 Å². The lowest BCUT2D eigenvalue weighted by Crippen LogP contribution is -2.13. The van der Waals surface area contributed by atoms with Gasteiger partial charge in [-0.3, -0.25) is 0 Å². The molecule has 21 heavy (non-hydrogen) atoms. The second-order valence-corrected chi connectivity index (χ2v) is 4.44. The summed E-state index contributed by atoms with van der Waals surface area (Å²) >= 11 is 0. The SMILES string of the molecule is O=C(OC(=O)c1cc2occc2[nH]1)c1cc2occc2[nH]1. The number of carbonyl (C=O) groups is 2. The van der Waals surface area contributed by atoms with E-state index in [1.165, 1.54) is 24.7 Å². The molecule has 0 aliphatic heterocycles. The van der Waals surface area contributed by atoms with Gasteiger partial charge in [0.15, 0.2) is 11.2 Å². The van der Waals surface area contributed by atoms with Crippen LogP contribution in [0.1, 0.15) is 21.0 Å². The third-order valence-electron chi connectivity index (χ3n) is 3.11. The van der Waals surface area contributed by atoms with Gasteiger partial charge in [0.2, 0.25) is 0 Å².